The van der Waals surface area contributed by atoms with E-state index in [1.54, 1.807) is 4.90 Å². The number of halogens is 1. The third kappa shape index (κ3) is 2.45. The zero-order valence-corrected chi connectivity index (χ0v) is 13.0. The summed E-state index contributed by atoms with van der Waals surface area (Å²) >= 11 is 6.25. The molecule has 2 N–H and O–H groups in total. The fourth-order valence-corrected chi connectivity index (χ4v) is 2.96. The van der Waals surface area contributed by atoms with E-state index in [1.165, 1.54) is 0 Å². The summed E-state index contributed by atoms with van der Waals surface area (Å²) in [7, 11) is 0. The molecule has 0 aliphatic carbocycles. The minimum atomic E-state index is -0.563. The maximum absolute atomic E-state index is 12.2. The quantitative estimate of drug-likeness (QED) is 0.882. The molecule has 2 aromatic rings. The van der Waals surface area contributed by atoms with Crippen LogP contribution in [-0.2, 0) is 4.79 Å². The molecule has 0 unspecified atom stereocenters. The van der Waals surface area contributed by atoms with Gasteiger partial charge in [0, 0.05) is 10.7 Å². The minimum Gasteiger partial charge on any atom is -0.494 e. The summed E-state index contributed by atoms with van der Waals surface area (Å²) in [5.74, 6) is 0.673. The van der Waals surface area contributed by atoms with Gasteiger partial charge in [-0.05, 0) is 42.8 Å². The highest BCUT2D eigenvalue weighted by molar-refractivity contribution is 6.31. The van der Waals surface area contributed by atoms with Crippen LogP contribution in [0.4, 0.5) is 5.69 Å². The maximum atomic E-state index is 12.2. The van der Waals surface area contributed by atoms with E-state index in [9.17, 15) is 4.79 Å². The number of carbonyl (C=O) groups is 1. The second kappa shape index (κ2) is 5.99. The van der Waals surface area contributed by atoms with Gasteiger partial charge >= 0.3 is 0 Å². The Morgan fingerprint density at radius 2 is 1.86 bits per heavy atom. The van der Waals surface area contributed by atoms with Crippen LogP contribution in [0.3, 0.4) is 0 Å². The fraction of sp³-hybridized carbons (Fsp3) is 0.235. The first-order valence-electron chi connectivity index (χ1n) is 7.19. The number of amides is 1. The molecule has 1 aliphatic heterocycles. The molecule has 114 valence electrons. The van der Waals surface area contributed by atoms with Crippen molar-refractivity contribution >= 4 is 23.2 Å². The third-order valence-corrected chi connectivity index (χ3v) is 4.13. The highest BCUT2D eigenvalue weighted by Crippen LogP contribution is 2.40. The maximum Gasteiger partial charge on any atom is 0.247 e. The Bertz CT molecular complexity index is 687. The van der Waals surface area contributed by atoms with E-state index >= 15 is 0 Å². The second-order valence-electron chi connectivity index (χ2n) is 5.13. The Balaban J connectivity index is 1.91. The predicted octanol–water partition coefficient (Wildman–Crippen LogP) is 3.15. The second-order valence-corrected chi connectivity index (χ2v) is 5.53. The molecular formula is C17H17ClN2O2. The van der Waals surface area contributed by atoms with Gasteiger partial charge in [0.1, 0.15) is 11.8 Å². The minimum absolute atomic E-state index is 0.103. The smallest absolute Gasteiger partial charge is 0.247 e. The predicted molar refractivity (Wildman–Crippen MR) is 87.3 cm³/mol. The molecule has 0 spiro atoms. The molecule has 0 saturated carbocycles. The van der Waals surface area contributed by atoms with Crippen LogP contribution >= 0.6 is 11.6 Å². The molecule has 0 radical (unpaired) electrons. The number of nitrogens with zero attached hydrogens (tertiary/aromatic N) is 1. The molecule has 1 saturated heterocycles. The summed E-state index contributed by atoms with van der Waals surface area (Å²) in [6, 6.07) is 14.1. The normalized spacial score (nSPS) is 20.7. The third-order valence-electron chi connectivity index (χ3n) is 3.79. The van der Waals surface area contributed by atoms with Crippen LogP contribution in [0.25, 0.3) is 0 Å². The van der Waals surface area contributed by atoms with Gasteiger partial charge in [0.25, 0.3) is 0 Å². The lowest BCUT2D eigenvalue weighted by Gasteiger charge is -2.45. The molecule has 5 heteroatoms. The molecule has 1 fully saturated rings. The summed E-state index contributed by atoms with van der Waals surface area (Å²) in [6.07, 6.45) is 0. The summed E-state index contributed by atoms with van der Waals surface area (Å²) in [5, 5.41) is 0.617. The van der Waals surface area contributed by atoms with Crippen molar-refractivity contribution in [3.8, 4) is 5.75 Å². The Labute approximate surface area is 134 Å². The van der Waals surface area contributed by atoms with Crippen molar-refractivity contribution in [2.24, 2.45) is 5.73 Å². The van der Waals surface area contributed by atoms with Crippen LogP contribution in [0.1, 0.15) is 18.5 Å². The molecule has 0 aromatic heterocycles. The van der Waals surface area contributed by atoms with Gasteiger partial charge in [-0.2, -0.15) is 0 Å². The van der Waals surface area contributed by atoms with Crippen molar-refractivity contribution in [3.63, 3.8) is 0 Å². The topological polar surface area (TPSA) is 55.6 Å². The number of rotatable bonds is 4. The molecule has 4 nitrogen and oxygen atoms in total. The van der Waals surface area contributed by atoms with Crippen LogP contribution < -0.4 is 15.4 Å². The van der Waals surface area contributed by atoms with E-state index in [-0.39, 0.29) is 11.9 Å². The Hall–Kier alpha value is -2.04. The van der Waals surface area contributed by atoms with E-state index < -0.39 is 6.04 Å². The number of benzene rings is 2. The molecule has 1 amide bonds. The molecular weight excluding hydrogens is 300 g/mol. The Kier molecular flexibility index (Phi) is 4.05. The Morgan fingerprint density at radius 1 is 1.18 bits per heavy atom. The van der Waals surface area contributed by atoms with E-state index in [4.69, 9.17) is 22.1 Å². The van der Waals surface area contributed by atoms with Crippen molar-refractivity contribution in [1.82, 2.24) is 0 Å². The molecule has 22 heavy (non-hydrogen) atoms. The summed E-state index contributed by atoms with van der Waals surface area (Å²) in [6.45, 7) is 2.54. The van der Waals surface area contributed by atoms with Crippen LogP contribution in [0.2, 0.25) is 5.02 Å². The molecule has 1 aliphatic rings. The van der Waals surface area contributed by atoms with Crippen LogP contribution in [0.5, 0.6) is 5.75 Å². The summed E-state index contributed by atoms with van der Waals surface area (Å²) < 4.78 is 5.42. The van der Waals surface area contributed by atoms with Gasteiger partial charge in [0.05, 0.1) is 12.6 Å². The van der Waals surface area contributed by atoms with Crippen LogP contribution in [0, 0.1) is 0 Å². The summed E-state index contributed by atoms with van der Waals surface area (Å²) in [4.78, 5) is 13.9. The van der Waals surface area contributed by atoms with Gasteiger partial charge in [-0.3, -0.25) is 4.79 Å². The van der Waals surface area contributed by atoms with Gasteiger partial charge < -0.3 is 15.4 Å². The van der Waals surface area contributed by atoms with E-state index in [0.717, 1.165) is 17.0 Å². The van der Waals surface area contributed by atoms with Gasteiger partial charge in [-0.25, -0.2) is 0 Å². The van der Waals surface area contributed by atoms with Gasteiger partial charge in [-0.15, -0.1) is 0 Å². The lowest BCUT2D eigenvalue weighted by atomic mass is 9.88. The summed E-state index contributed by atoms with van der Waals surface area (Å²) in [5.41, 5.74) is 7.66. The lowest BCUT2D eigenvalue weighted by Crippen LogP contribution is -2.63. The molecule has 1 heterocycles. The SMILES string of the molecule is CCOc1ccc(N2C(=O)[C@H](N)[C@H]2c2ccccc2Cl)cc1. The zero-order valence-electron chi connectivity index (χ0n) is 12.2. The van der Waals surface area contributed by atoms with Crippen LogP contribution in [0.15, 0.2) is 48.5 Å². The largest absolute Gasteiger partial charge is 0.494 e. The molecule has 2 aromatic carbocycles. The van der Waals surface area contributed by atoms with E-state index in [2.05, 4.69) is 0 Å². The number of β-lactam (4-membered cyclic amide) rings is 1. The van der Waals surface area contributed by atoms with Crippen molar-refractivity contribution in [3.05, 3.63) is 59.1 Å². The zero-order chi connectivity index (χ0) is 15.7. The highest BCUT2D eigenvalue weighted by Gasteiger charge is 2.47. The highest BCUT2D eigenvalue weighted by atomic mass is 35.5. The first-order valence-corrected chi connectivity index (χ1v) is 7.57. The number of ether oxygens (including phenoxy) is 1. The lowest BCUT2D eigenvalue weighted by molar-refractivity contribution is -0.126. The Morgan fingerprint density at radius 3 is 2.50 bits per heavy atom. The van der Waals surface area contributed by atoms with Crippen molar-refractivity contribution in [2.45, 2.75) is 19.0 Å². The van der Waals surface area contributed by atoms with E-state index in [1.807, 2.05) is 55.5 Å². The number of anilines is 1. The van der Waals surface area contributed by atoms with Crippen LogP contribution in [-0.4, -0.2) is 18.6 Å². The first kappa shape index (κ1) is 14.9. The van der Waals surface area contributed by atoms with Gasteiger partial charge in [0.2, 0.25) is 5.91 Å². The van der Waals surface area contributed by atoms with Crippen molar-refractivity contribution in [1.29, 1.82) is 0 Å². The average Bonchev–Trinajstić information content (AvgIpc) is 2.54. The standard InChI is InChI=1S/C17H17ClN2O2/c1-2-22-12-9-7-11(8-10-12)20-16(15(19)17(20)21)13-5-3-4-6-14(13)18/h3-10,15-16H,2,19H2,1H3/t15-,16-/m1/s1. The van der Waals surface area contributed by atoms with Gasteiger partial charge in [-0.1, -0.05) is 29.8 Å². The molecule has 2 atom stereocenters. The number of hydrogen-bond donors (Lipinski definition) is 1. The van der Waals surface area contributed by atoms with E-state index in [0.29, 0.717) is 11.6 Å². The average molecular weight is 317 g/mol. The van der Waals surface area contributed by atoms with Crippen molar-refractivity contribution in [2.75, 3.05) is 11.5 Å². The fourth-order valence-electron chi connectivity index (χ4n) is 2.72. The number of nitrogens with two attached hydrogens (primary N) is 1. The molecule has 0 bridgehead atoms. The first-order chi connectivity index (χ1) is 10.6. The number of carbonyl (C=O) groups excluding carboxylic acids is 1. The monoisotopic (exact) mass is 316 g/mol. The number of hydrogen-bond acceptors (Lipinski definition) is 3. The van der Waals surface area contributed by atoms with Gasteiger partial charge in [0.15, 0.2) is 0 Å². The van der Waals surface area contributed by atoms with Crippen molar-refractivity contribution < 1.29 is 9.53 Å². The molecule has 3 rings (SSSR count).